The van der Waals surface area contributed by atoms with Crippen LogP contribution in [0.1, 0.15) is 18.2 Å². The zero-order chi connectivity index (χ0) is 19.6. The normalized spacial score (nSPS) is 14.8. The second-order valence-corrected chi connectivity index (χ2v) is 8.15. The van der Waals surface area contributed by atoms with Gasteiger partial charge in [-0.25, -0.2) is 9.97 Å². The van der Waals surface area contributed by atoms with E-state index >= 15 is 0 Å². The molecule has 1 aliphatic carbocycles. The molecule has 1 aromatic heterocycles. The van der Waals surface area contributed by atoms with E-state index in [1.807, 2.05) is 31.1 Å². The Morgan fingerprint density at radius 3 is 2.85 bits per heavy atom. The van der Waals surface area contributed by atoms with E-state index in [2.05, 4.69) is 52.3 Å². The van der Waals surface area contributed by atoms with Gasteiger partial charge in [0.15, 0.2) is 0 Å². The molecule has 2 aromatic rings. The highest BCUT2D eigenvalue weighted by Gasteiger charge is 2.30. The summed E-state index contributed by atoms with van der Waals surface area (Å²) in [6, 6.07) is 3.92. The van der Waals surface area contributed by atoms with E-state index in [1.54, 1.807) is 13.1 Å². The molecule has 142 valence electrons. The Kier molecular flexibility index (Phi) is 6.23. The molecule has 0 unspecified atom stereocenters. The number of benzene rings is 1. The van der Waals surface area contributed by atoms with E-state index in [0.717, 1.165) is 32.2 Å². The first-order valence-corrected chi connectivity index (χ1v) is 9.93. The molecule has 0 fully saturated rings. The van der Waals surface area contributed by atoms with Crippen molar-refractivity contribution in [2.24, 2.45) is 5.16 Å². The van der Waals surface area contributed by atoms with Crippen molar-refractivity contribution in [3.05, 3.63) is 44.9 Å². The minimum Gasteiger partial charge on any atom is -0.382 e. The number of carbonyl (C=O) groups excluding carboxylic acids is 1. The van der Waals surface area contributed by atoms with Gasteiger partial charge in [0, 0.05) is 39.4 Å². The molecule has 0 radical (unpaired) electrons. The molecule has 0 saturated carbocycles. The fraction of sp³-hybridized carbons (Fsp3) is 0.333. The smallest absolute Gasteiger partial charge is 0.263 e. The van der Waals surface area contributed by atoms with Crippen molar-refractivity contribution in [2.45, 2.75) is 13.0 Å². The number of hydrogen-bond donors (Lipinski definition) is 1. The lowest BCUT2D eigenvalue weighted by atomic mass is 10.1. The summed E-state index contributed by atoms with van der Waals surface area (Å²) in [6.07, 6.45) is 2.50. The van der Waals surface area contributed by atoms with Crippen LogP contribution in [-0.4, -0.2) is 59.8 Å². The molecular weight excluding hydrogens is 478 g/mol. The number of carbonyl (C=O) groups is 1. The highest BCUT2D eigenvalue weighted by Crippen LogP contribution is 2.41. The molecule has 0 bridgehead atoms. The van der Waals surface area contributed by atoms with Crippen LogP contribution in [0.25, 0.3) is 11.1 Å². The van der Waals surface area contributed by atoms with Gasteiger partial charge in [-0.05, 0) is 38.7 Å². The maximum atomic E-state index is 12.2. The van der Waals surface area contributed by atoms with Gasteiger partial charge in [-0.15, -0.1) is 0 Å². The molecule has 1 aromatic carbocycles. The van der Waals surface area contributed by atoms with Crippen LogP contribution in [0.4, 0.5) is 0 Å². The number of likely N-dealkylation sites (N-methyl/N-ethyl adjacent to an activating group) is 1. The quantitative estimate of drug-likeness (QED) is 0.531. The number of fused-ring (bicyclic) bond motifs is 3. The van der Waals surface area contributed by atoms with Crippen LogP contribution in [0.3, 0.4) is 0 Å². The molecule has 1 atom stereocenters. The Bertz CT molecular complexity index is 901. The number of hydrogen-bond acceptors (Lipinski definition) is 6. The number of halogens is 2. The summed E-state index contributed by atoms with van der Waals surface area (Å²) < 4.78 is 1.79. The first-order chi connectivity index (χ1) is 12.9. The third kappa shape index (κ3) is 4.36. The third-order valence-electron chi connectivity index (χ3n) is 4.05. The van der Waals surface area contributed by atoms with Gasteiger partial charge in [0.05, 0.1) is 0 Å². The van der Waals surface area contributed by atoms with Crippen molar-refractivity contribution in [2.75, 3.05) is 27.2 Å². The van der Waals surface area contributed by atoms with E-state index in [1.165, 1.54) is 6.33 Å². The van der Waals surface area contributed by atoms with Crippen molar-refractivity contribution in [3.8, 4) is 11.1 Å². The molecule has 1 amide bonds. The van der Waals surface area contributed by atoms with Gasteiger partial charge in [0.2, 0.25) is 6.10 Å². The molecule has 1 aliphatic rings. The minimum absolute atomic E-state index is 0.211. The summed E-state index contributed by atoms with van der Waals surface area (Å²) in [5.41, 5.74) is 3.96. The molecule has 3 rings (SSSR count). The minimum atomic E-state index is -0.719. The molecule has 9 heteroatoms. The molecule has 7 nitrogen and oxygen atoms in total. The summed E-state index contributed by atoms with van der Waals surface area (Å²) in [6.45, 7) is 2.98. The standard InChI is InChI=1S/C18H19Br2N5O2/c1-10(18(26)22-4-5-25(2)3)27-24-17-15-12(6-11(19)7-14(15)20)13-8-21-9-23-16(13)17/h6-10H,4-5H2,1-3H3,(H,22,26)/b24-17-/t10-/m1/s1. The van der Waals surface area contributed by atoms with Crippen LogP contribution in [0, 0.1) is 0 Å². The van der Waals surface area contributed by atoms with Crippen molar-refractivity contribution in [1.29, 1.82) is 0 Å². The molecular formula is C18H19Br2N5O2. The largest absolute Gasteiger partial charge is 0.382 e. The fourth-order valence-electron chi connectivity index (χ4n) is 2.68. The lowest BCUT2D eigenvalue weighted by Crippen LogP contribution is -2.37. The topological polar surface area (TPSA) is 79.7 Å². The number of amides is 1. The van der Waals surface area contributed by atoms with Gasteiger partial charge in [-0.2, -0.15) is 0 Å². The molecule has 1 heterocycles. The Morgan fingerprint density at radius 2 is 2.11 bits per heavy atom. The lowest BCUT2D eigenvalue weighted by molar-refractivity contribution is -0.131. The Hall–Kier alpha value is -1.84. The first kappa shape index (κ1) is 19.9. The number of oxime groups is 1. The molecule has 27 heavy (non-hydrogen) atoms. The number of aromatic nitrogens is 2. The predicted molar refractivity (Wildman–Crippen MR) is 111 cm³/mol. The van der Waals surface area contributed by atoms with E-state index in [0.29, 0.717) is 18.0 Å². The summed E-state index contributed by atoms with van der Waals surface area (Å²) >= 11 is 7.09. The van der Waals surface area contributed by atoms with Crippen molar-refractivity contribution in [3.63, 3.8) is 0 Å². The highest BCUT2D eigenvalue weighted by molar-refractivity contribution is 9.11. The van der Waals surface area contributed by atoms with Crippen LogP contribution in [-0.2, 0) is 9.63 Å². The van der Waals surface area contributed by atoms with E-state index in [9.17, 15) is 4.79 Å². The zero-order valence-electron chi connectivity index (χ0n) is 15.2. The predicted octanol–water partition coefficient (Wildman–Crippen LogP) is 2.82. The van der Waals surface area contributed by atoms with Crippen molar-refractivity contribution < 1.29 is 9.63 Å². The van der Waals surface area contributed by atoms with Crippen molar-refractivity contribution in [1.82, 2.24) is 20.2 Å². The first-order valence-electron chi connectivity index (χ1n) is 8.35. The Morgan fingerprint density at radius 1 is 1.33 bits per heavy atom. The average Bonchev–Trinajstić information content (AvgIpc) is 2.93. The number of nitrogens with zero attached hydrogens (tertiary/aromatic N) is 4. The van der Waals surface area contributed by atoms with Crippen LogP contribution >= 0.6 is 31.9 Å². The molecule has 0 aliphatic heterocycles. The van der Waals surface area contributed by atoms with E-state index in [4.69, 9.17) is 4.84 Å². The lowest BCUT2D eigenvalue weighted by Gasteiger charge is -2.13. The van der Waals surface area contributed by atoms with Crippen molar-refractivity contribution >= 4 is 43.5 Å². The van der Waals surface area contributed by atoms with Gasteiger partial charge in [0.1, 0.15) is 17.7 Å². The second-order valence-electron chi connectivity index (χ2n) is 6.38. The summed E-state index contributed by atoms with van der Waals surface area (Å²) in [5, 5.41) is 7.10. The zero-order valence-corrected chi connectivity index (χ0v) is 18.3. The van der Waals surface area contributed by atoms with Crippen LogP contribution < -0.4 is 5.32 Å². The average molecular weight is 497 g/mol. The second kappa shape index (κ2) is 8.45. The summed E-state index contributed by atoms with van der Waals surface area (Å²) in [5.74, 6) is -0.211. The summed E-state index contributed by atoms with van der Waals surface area (Å²) in [7, 11) is 3.90. The highest BCUT2D eigenvalue weighted by atomic mass is 79.9. The van der Waals surface area contributed by atoms with Gasteiger partial charge >= 0.3 is 0 Å². The van der Waals surface area contributed by atoms with Crippen LogP contribution in [0.5, 0.6) is 0 Å². The third-order valence-corrected chi connectivity index (χ3v) is 5.13. The van der Waals surface area contributed by atoms with Gasteiger partial charge in [-0.1, -0.05) is 37.0 Å². The summed E-state index contributed by atoms with van der Waals surface area (Å²) in [4.78, 5) is 28.1. The molecule has 0 saturated heterocycles. The van der Waals surface area contributed by atoms with Gasteiger partial charge in [-0.3, -0.25) is 4.79 Å². The van der Waals surface area contributed by atoms with E-state index < -0.39 is 6.10 Å². The SMILES string of the molecule is C[C@@H](O/N=C1\c2ncncc2-c2cc(Br)cc(Br)c21)C(=O)NCCN(C)C. The maximum absolute atomic E-state index is 12.2. The Balaban J connectivity index is 1.83. The fourth-order valence-corrected chi connectivity index (χ4v) is 4.09. The van der Waals surface area contributed by atoms with Crippen LogP contribution in [0.2, 0.25) is 0 Å². The molecule has 0 spiro atoms. The number of nitrogens with one attached hydrogen (secondary N) is 1. The van der Waals surface area contributed by atoms with Gasteiger partial charge in [0.25, 0.3) is 5.91 Å². The maximum Gasteiger partial charge on any atom is 0.263 e. The van der Waals surface area contributed by atoms with Gasteiger partial charge < -0.3 is 15.1 Å². The van der Waals surface area contributed by atoms with E-state index in [-0.39, 0.29) is 5.91 Å². The molecule has 1 N–H and O–H groups in total. The number of rotatable bonds is 6. The Labute approximate surface area is 174 Å². The van der Waals surface area contributed by atoms with Crippen LogP contribution in [0.15, 0.2) is 38.8 Å². The monoisotopic (exact) mass is 495 g/mol.